The van der Waals surface area contributed by atoms with Crippen molar-refractivity contribution in [2.75, 3.05) is 0 Å². The summed E-state index contributed by atoms with van der Waals surface area (Å²) in [6.45, 7) is 2.94. The molecule has 3 rings (SSSR count). The van der Waals surface area contributed by atoms with E-state index in [4.69, 9.17) is 5.73 Å². The molecule has 0 aliphatic rings. The highest BCUT2D eigenvalue weighted by atomic mass is 19.1. The molecule has 0 spiro atoms. The Morgan fingerprint density at radius 3 is 2.61 bits per heavy atom. The predicted molar refractivity (Wildman–Crippen MR) is 88.6 cm³/mol. The first kappa shape index (κ1) is 15.2. The van der Waals surface area contributed by atoms with Crippen LogP contribution in [0.3, 0.4) is 0 Å². The third-order valence-electron chi connectivity index (χ3n) is 3.87. The molecule has 3 aromatic rings. The fourth-order valence-electron chi connectivity index (χ4n) is 2.64. The topological polar surface area (TPSA) is 60.9 Å². The summed E-state index contributed by atoms with van der Waals surface area (Å²) in [6.07, 6.45) is 2.07. The lowest BCUT2D eigenvalue weighted by Gasteiger charge is -2.08. The number of fused-ring (bicyclic) bond motifs is 1. The molecule has 118 valence electrons. The third-order valence-corrected chi connectivity index (χ3v) is 3.87. The number of benzene rings is 2. The maximum atomic E-state index is 13.2. The van der Waals surface area contributed by atoms with Crippen molar-refractivity contribution < 1.29 is 9.18 Å². The van der Waals surface area contributed by atoms with Crippen molar-refractivity contribution in [2.45, 2.75) is 26.3 Å². The number of carbonyl (C=O) groups is 1. The number of nitrogens with two attached hydrogens (primary N) is 1. The quantitative estimate of drug-likeness (QED) is 0.780. The summed E-state index contributed by atoms with van der Waals surface area (Å²) < 4.78 is 15.3. The molecule has 2 N–H and O–H groups in total. The van der Waals surface area contributed by atoms with Crippen molar-refractivity contribution in [3.63, 3.8) is 0 Å². The van der Waals surface area contributed by atoms with Crippen LogP contribution in [-0.4, -0.2) is 15.5 Å². The van der Waals surface area contributed by atoms with Gasteiger partial charge in [-0.25, -0.2) is 9.37 Å². The van der Waals surface area contributed by atoms with Gasteiger partial charge in [0.25, 0.3) is 0 Å². The molecular weight excluding hydrogens is 293 g/mol. The van der Waals surface area contributed by atoms with Crippen LogP contribution < -0.4 is 5.73 Å². The number of amides is 1. The number of carbonyl (C=O) groups excluding carboxylic acids is 1. The van der Waals surface area contributed by atoms with E-state index in [0.717, 1.165) is 41.8 Å². The van der Waals surface area contributed by atoms with E-state index in [1.54, 1.807) is 24.3 Å². The molecule has 0 aliphatic heterocycles. The van der Waals surface area contributed by atoms with Crippen molar-refractivity contribution in [1.82, 2.24) is 9.55 Å². The molecule has 0 atom stereocenters. The number of aryl methyl sites for hydroxylation is 1. The van der Waals surface area contributed by atoms with E-state index in [1.165, 1.54) is 12.1 Å². The molecule has 0 fully saturated rings. The fraction of sp³-hybridized carbons (Fsp3) is 0.222. The molecule has 0 saturated carbocycles. The van der Waals surface area contributed by atoms with Gasteiger partial charge in [0.2, 0.25) is 5.91 Å². The maximum Gasteiger partial charge on any atom is 0.248 e. The first-order valence-electron chi connectivity index (χ1n) is 7.66. The van der Waals surface area contributed by atoms with Crippen LogP contribution in [0, 0.1) is 5.82 Å². The summed E-state index contributed by atoms with van der Waals surface area (Å²) in [4.78, 5) is 16.0. The molecule has 0 unspecified atom stereocenters. The van der Waals surface area contributed by atoms with Crippen LogP contribution in [0.25, 0.3) is 22.4 Å². The first-order valence-corrected chi connectivity index (χ1v) is 7.66. The standard InChI is InChI=1S/C18H18FN3O/c1-2-3-10-22-16-9-6-13(17(20)23)11-15(16)21-18(22)12-4-7-14(19)8-5-12/h4-9,11H,2-3,10H2,1H3,(H2,20,23). The summed E-state index contributed by atoms with van der Waals surface area (Å²) in [5.74, 6) is 0.0226. The molecule has 1 heterocycles. The Balaban J connectivity index is 2.17. The van der Waals surface area contributed by atoms with E-state index >= 15 is 0 Å². The van der Waals surface area contributed by atoms with Gasteiger partial charge in [-0.3, -0.25) is 4.79 Å². The molecule has 0 aliphatic carbocycles. The number of nitrogens with zero attached hydrogens (tertiary/aromatic N) is 2. The monoisotopic (exact) mass is 311 g/mol. The molecule has 23 heavy (non-hydrogen) atoms. The van der Waals surface area contributed by atoms with Gasteiger partial charge in [-0.1, -0.05) is 13.3 Å². The van der Waals surface area contributed by atoms with Crippen LogP contribution in [0.5, 0.6) is 0 Å². The number of hydrogen-bond acceptors (Lipinski definition) is 2. The van der Waals surface area contributed by atoms with Gasteiger partial charge in [0.05, 0.1) is 11.0 Å². The Labute approximate surface area is 133 Å². The van der Waals surface area contributed by atoms with E-state index in [1.807, 2.05) is 6.07 Å². The van der Waals surface area contributed by atoms with Gasteiger partial charge in [0, 0.05) is 17.7 Å². The lowest BCUT2D eigenvalue weighted by molar-refractivity contribution is 0.100. The fourth-order valence-corrected chi connectivity index (χ4v) is 2.64. The number of halogens is 1. The zero-order valence-corrected chi connectivity index (χ0v) is 12.9. The van der Waals surface area contributed by atoms with Crippen molar-refractivity contribution in [3.8, 4) is 11.4 Å². The highest BCUT2D eigenvalue weighted by Crippen LogP contribution is 2.26. The van der Waals surface area contributed by atoms with Gasteiger partial charge in [-0.05, 0) is 48.9 Å². The Hall–Kier alpha value is -2.69. The SMILES string of the molecule is CCCCn1c(-c2ccc(F)cc2)nc2cc(C(N)=O)ccc21. The molecule has 1 amide bonds. The number of primary amides is 1. The lowest BCUT2D eigenvalue weighted by Crippen LogP contribution is -2.10. The van der Waals surface area contributed by atoms with Crippen LogP contribution in [0.4, 0.5) is 4.39 Å². The maximum absolute atomic E-state index is 13.2. The first-order chi connectivity index (χ1) is 11.1. The molecule has 1 aromatic heterocycles. The van der Waals surface area contributed by atoms with Gasteiger partial charge in [0.15, 0.2) is 0 Å². The van der Waals surface area contributed by atoms with Crippen LogP contribution in [0.1, 0.15) is 30.1 Å². The van der Waals surface area contributed by atoms with Crippen LogP contribution in [0.2, 0.25) is 0 Å². The molecule has 2 aromatic carbocycles. The van der Waals surface area contributed by atoms with Gasteiger partial charge >= 0.3 is 0 Å². The van der Waals surface area contributed by atoms with Gasteiger partial charge in [0.1, 0.15) is 11.6 Å². The van der Waals surface area contributed by atoms with Gasteiger partial charge in [-0.15, -0.1) is 0 Å². The van der Waals surface area contributed by atoms with Crippen molar-refractivity contribution >= 4 is 16.9 Å². The Morgan fingerprint density at radius 2 is 1.96 bits per heavy atom. The van der Waals surface area contributed by atoms with E-state index in [-0.39, 0.29) is 5.82 Å². The molecule has 0 saturated heterocycles. The molecule has 5 heteroatoms. The van der Waals surface area contributed by atoms with E-state index in [2.05, 4.69) is 16.5 Å². The predicted octanol–water partition coefficient (Wildman–Crippen LogP) is 3.74. The minimum absolute atomic E-state index is 0.277. The van der Waals surface area contributed by atoms with Crippen LogP contribution >= 0.6 is 0 Å². The second-order valence-electron chi connectivity index (χ2n) is 5.52. The number of unbranched alkanes of at least 4 members (excludes halogenated alkanes) is 1. The molecule has 0 radical (unpaired) electrons. The second kappa shape index (κ2) is 6.20. The average molecular weight is 311 g/mol. The van der Waals surface area contributed by atoms with E-state index in [9.17, 15) is 9.18 Å². The molecular formula is C18H18FN3O. The zero-order chi connectivity index (χ0) is 16.4. The highest BCUT2D eigenvalue weighted by Gasteiger charge is 2.14. The van der Waals surface area contributed by atoms with Gasteiger partial charge < -0.3 is 10.3 Å². The lowest BCUT2D eigenvalue weighted by atomic mass is 10.2. The number of rotatable bonds is 5. The number of hydrogen-bond donors (Lipinski definition) is 1. The summed E-state index contributed by atoms with van der Waals surface area (Å²) >= 11 is 0. The Bertz CT molecular complexity index is 853. The summed E-state index contributed by atoms with van der Waals surface area (Å²) in [5.41, 5.74) is 8.29. The minimum atomic E-state index is -0.474. The summed E-state index contributed by atoms with van der Waals surface area (Å²) in [6, 6.07) is 11.6. The van der Waals surface area contributed by atoms with Crippen molar-refractivity contribution in [3.05, 3.63) is 53.8 Å². The van der Waals surface area contributed by atoms with Crippen LogP contribution in [-0.2, 0) is 6.54 Å². The van der Waals surface area contributed by atoms with Crippen molar-refractivity contribution in [2.24, 2.45) is 5.73 Å². The van der Waals surface area contributed by atoms with E-state index in [0.29, 0.717) is 5.56 Å². The van der Waals surface area contributed by atoms with Gasteiger partial charge in [-0.2, -0.15) is 0 Å². The highest BCUT2D eigenvalue weighted by molar-refractivity contribution is 5.96. The second-order valence-corrected chi connectivity index (χ2v) is 5.52. The largest absolute Gasteiger partial charge is 0.366 e. The third kappa shape index (κ3) is 2.95. The summed E-state index contributed by atoms with van der Waals surface area (Å²) in [7, 11) is 0. The van der Waals surface area contributed by atoms with Crippen LogP contribution in [0.15, 0.2) is 42.5 Å². The number of imidazole rings is 1. The molecule has 0 bridgehead atoms. The zero-order valence-electron chi connectivity index (χ0n) is 12.9. The smallest absolute Gasteiger partial charge is 0.248 e. The summed E-state index contributed by atoms with van der Waals surface area (Å²) in [5, 5.41) is 0. The van der Waals surface area contributed by atoms with Crippen molar-refractivity contribution in [1.29, 1.82) is 0 Å². The normalized spacial score (nSPS) is 11.0. The number of aromatic nitrogens is 2. The Morgan fingerprint density at radius 1 is 1.22 bits per heavy atom. The molecule has 4 nitrogen and oxygen atoms in total. The minimum Gasteiger partial charge on any atom is -0.366 e. The Kier molecular flexibility index (Phi) is 4.10. The van der Waals surface area contributed by atoms with E-state index < -0.39 is 5.91 Å². The average Bonchev–Trinajstić information content (AvgIpc) is 2.91.